The van der Waals surface area contributed by atoms with Crippen LogP contribution in [-0.4, -0.2) is 9.61 Å². The molecule has 0 bridgehead atoms. The number of aromatic nitrogens is 2. The smallest absolute Gasteiger partial charge is 0.171 e. The molecule has 0 saturated heterocycles. The molecule has 0 amide bonds. The molecular formula is C13H21FN2. The van der Waals surface area contributed by atoms with Gasteiger partial charge in [0.1, 0.15) is 5.52 Å². The van der Waals surface area contributed by atoms with Gasteiger partial charge in [0.25, 0.3) is 0 Å². The molecule has 2 nitrogen and oxygen atoms in total. The molecule has 2 rings (SSSR count). The minimum Gasteiger partial charge on any atom is -0.238 e. The first-order chi connectivity index (χ1) is 7.68. The van der Waals surface area contributed by atoms with E-state index in [0.717, 1.165) is 5.56 Å². The molecule has 0 atom stereocenters. The topological polar surface area (TPSA) is 17.3 Å². The second-order valence-corrected chi connectivity index (χ2v) is 2.93. The van der Waals surface area contributed by atoms with Crippen LogP contribution in [0.15, 0.2) is 18.3 Å². The maximum atomic E-state index is 13.3. The fourth-order valence-corrected chi connectivity index (χ4v) is 1.24. The molecule has 0 aliphatic rings. The number of fused-ring (bicyclic) bond motifs is 1. The number of aryl methyl sites for hydroxylation is 2. The highest BCUT2D eigenvalue weighted by atomic mass is 19.1. The molecule has 0 unspecified atom stereocenters. The second-order valence-electron chi connectivity index (χ2n) is 2.93. The lowest BCUT2D eigenvalue weighted by atomic mass is 10.2. The van der Waals surface area contributed by atoms with Crippen molar-refractivity contribution in [3.63, 3.8) is 0 Å². The fourth-order valence-electron chi connectivity index (χ4n) is 1.24. The minimum absolute atomic E-state index is 0.223. The highest BCUT2D eigenvalue weighted by Gasteiger charge is 2.07. The van der Waals surface area contributed by atoms with E-state index in [2.05, 4.69) is 5.10 Å². The summed E-state index contributed by atoms with van der Waals surface area (Å²) in [7, 11) is 0. The highest BCUT2D eigenvalue weighted by molar-refractivity contribution is 5.50. The van der Waals surface area contributed by atoms with Gasteiger partial charge in [-0.1, -0.05) is 27.7 Å². The molecule has 2 aromatic rings. The molecule has 0 saturated carbocycles. The van der Waals surface area contributed by atoms with Gasteiger partial charge in [-0.3, -0.25) is 0 Å². The van der Waals surface area contributed by atoms with Crippen LogP contribution in [0.25, 0.3) is 5.52 Å². The minimum atomic E-state index is -0.223. The van der Waals surface area contributed by atoms with Gasteiger partial charge in [0.2, 0.25) is 0 Å². The third kappa shape index (κ3) is 3.05. The third-order valence-electron chi connectivity index (χ3n) is 1.89. The van der Waals surface area contributed by atoms with Crippen LogP contribution in [0.2, 0.25) is 0 Å². The van der Waals surface area contributed by atoms with E-state index in [9.17, 15) is 4.39 Å². The zero-order valence-electron chi connectivity index (χ0n) is 11.0. The zero-order valence-corrected chi connectivity index (χ0v) is 11.0. The van der Waals surface area contributed by atoms with Gasteiger partial charge < -0.3 is 0 Å². The molecule has 2 aromatic heterocycles. The molecule has 3 heteroatoms. The molecule has 2 heterocycles. The third-order valence-corrected chi connectivity index (χ3v) is 1.89. The van der Waals surface area contributed by atoms with Crippen LogP contribution in [0.3, 0.4) is 0 Å². The summed E-state index contributed by atoms with van der Waals surface area (Å²) in [5, 5.41) is 4.00. The molecule has 90 valence electrons. The number of hydrogen-bond acceptors (Lipinski definition) is 1. The summed E-state index contributed by atoms with van der Waals surface area (Å²) in [6.45, 7) is 11.6. The predicted octanol–water partition coefficient (Wildman–Crippen LogP) is 4.14. The van der Waals surface area contributed by atoms with Crippen LogP contribution in [0.4, 0.5) is 4.39 Å². The monoisotopic (exact) mass is 224 g/mol. The van der Waals surface area contributed by atoms with Crippen molar-refractivity contribution < 1.29 is 4.39 Å². The SMILES string of the molecule is CC.CC.Cc1ccn2nc(C)c(F)c2c1. The molecule has 16 heavy (non-hydrogen) atoms. The Morgan fingerprint density at radius 1 is 1.12 bits per heavy atom. The summed E-state index contributed by atoms with van der Waals surface area (Å²) in [4.78, 5) is 0. The van der Waals surface area contributed by atoms with Gasteiger partial charge in [-0.15, -0.1) is 0 Å². The molecule has 0 fully saturated rings. The van der Waals surface area contributed by atoms with Crippen molar-refractivity contribution in [1.82, 2.24) is 9.61 Å². The number of pyridine rings is 1. The van der Waals surface area contributed by atoms with Gasteiger partial charge >= 0.3 is 0 Å². The molecule has 0 aliphatic carbocycles. The van der Waals surface area contributed by atoms with Gasteiger partial charge in [-0.2, -0.15) is 5.10 Å². The summed E-state index contributed by atoms with van der Waals surface area (Å²) in [5.41, 5.74) is 2.04. The first-order valence-corrected chi connectivity index (χ1v) is 5.79. The Labute approximate surface area is 97.1 Å². The Morgan fingerprint density at radius 2 is 1.69 bits per heavy atom. The Balaban J connectivity index is 0.000000509. The lowest BCUT2D eigenvalue weighted by Gasteiger charge is -1.93. The van der Waals surface area contributed by atoms with Gasteiger partial charge in [0.15, 0.2) is 5.82 Å². The number of nitrogens with zero attached hydrogens (tertiary/aromatic N) is 2. The Bertz CT molecular complexity index is 433. The Hall–Kier alpha value is -1.38. The maximum Gasteiger partial charge on any atom is 0.171 e. The van der Waals surface area contributed by atoms with E-state index in [0.29, 0.717) is 11.2 Å². The van der Waals surface area contributed by atoms with Crippen LogP contribution in [0, 0.1) is 19.7 Å². The summed E-state index contributed by atoms with van der Waals surface area (Å²) >= 11 is 0. The zero-order chi connectivity index (χ0) is 12.7. The quantitative estimate of drug-likeness (QED) is 0.657. The summed E-state index contributed by atoms with van der Waals surface area (Å²) in [6.07, 6.45) is 1.76. The van der Waals surface area contributed by atoms with E-state index >= 15 is 0 Å². The molecule has 0 aromatic carbocycles. The molecular weight excluding hydrogens is 203 g/mol. The fraction of sp³-hybridized carbons (Fsp3) is 0.462. The molecule has 0 aliphatic heterocycles. The number of rotatable bonds is 0. The largest absolute Gasteiger partial charge is 0.238 e. The Kier molecular flexibility index (Phi) is 6.38. The lowest BCUT2D eigenvalue weighted by Crippen LogP contribution is -1.86. The first kappa shape index (κ1) is 14.6. The Morgan fingerprint density at radius 3 is 2.25 bits per heavy atom. The van der Waals surface area contributed by atoms with Gasteiger partial charge in [0.05, 0.1) is 5.69 Å². The van der Waals surface area contributed by atoms with E-state index in [-0.39, 0.29) is 5.82 Å². The average molecular weight is 224 g/mol. The van der Waals surface area contributed by atoms with E-state index in [1.165, 1.54) is 0 Å². The summed E-state index contributed by atoms with van der Waals surface area (Å²) < 4.78 is 14.8. The van der Waals surface area contributed by atoms with Gasteiger partial charge in [0, 0.05) is 6.20 Å². The van der Waals surface area contributed by atoms with Gasteiger partial charge in [-0.25, -0.2) is 8.91 Å². The van der Waals surface area contributed by atoms with Crippen molar-refractivity contribution in [2.24, 2.45) is 0 Å². The summed E-state index contributed by atoms with van der Waals surface area (Å²) in [6, 6.07) is 3.69. The van der Waals surface area contributed by atoms with Crippen molar-refractivity contribution in [2.75, 3.05) is 0 Å². The second kappa shape index (κ2) is 6.99. The first-order valence-electron chi connectivity index (χ1n) is 5.79. The van der Waals surface area contributed by atoms with E-state index in [4.69, 9.17) is 0 Å². The number of halogens is 1. The van der Waals surface area contributed by atoms with Crippen molar-refractivity contribution in [2.45, 2.75) is 41.5 Å². The average Bonchev–Trinajstić information content (AvgIpc) is 2.61. The van der Waals surface area contributed by atoms with Crippen molar-refractivity contribution in [3.05, 3.63) is 35.4 Å². The van der Waals surface area contributed by atoms with Crippen molar-refractivity contribution in [3.8, 4) is 0 Å². The normalized spacial score (nSPS) is 8.94. The van der Waals surface area contributed by atoms with Crippen LogP contribution < -0.4 is 0 Å². The molecule has 0 spiro atoms. The lowest BCUT2D eigenvalue weighted by molar-refractivity contribution is 0.629. The van der Waals surface area contributed by atoms with Gasteiger partial charge in [-0.05, 0) is 31.5 Å². The van der Waals surface area contributed by atoms with E-state index in [1.54, 1.807) is 23.7 Å². The molecule has 0 N–H and O–H groups in total. The van der Waals surface area contributed by atoms with Crippen LogP contribution in [0.1, 0.15) is 39.0 Å². The van der Waals surface area contributed by atoms with Crippen molar-refractivity contribution in [1.29, 1.82) is 0 Å². The van der Waals surface area contributed by atoms with Crippen LogP contribution in [-0.2, 0) is 0 Å². The standard InChI is InChI=1S/C9H9FN2.2C2H6/c1-6-3-4-12-8(5-6)9(10)7(2)11-12;2*1-2/h3-5H,1-2H3;2*1-2H3. The number of hydrogen-bond donors (Lipinski definition) is 0. The van der Waals surface area contributed by atoms with E-state index in [1.807, 2.05) is 40.7 Å². The van der Waals surface area contributed by atoms with Crippen LogP contribution >= 0.6 is 0 Å². The maximum absolute atomic E-state index is 13.3. The van der Waals surface area contributed by atoms with Crippen LogP contribution in [0.5, 0.6) is 0 Å². The van der Waals surface area contributed by atoms with Crippen molar-refractivity contribution >= 4 is 5.52 Å². The molecule has 0 radical (unpaired) electrons. The van der Waals surface area contributed by atoms with E-state index < -0.39 is 0 Å². The summed E-state index contributed by atoms with van der Waals surface area (Å²) in [5.74, 6) is -0.223. The highest BCUT2D eigenvalue weighted by Crippen LogP contribution is 2.13. The predicted molar refractivity (Wildman–Crippen MR) is 67.3 cm³/mol.